The fraction of sp³-hybridized carbons (Fsp3) is 0.462. The molecule has 2 nitrogen and oxygen atoms in total. The van der Waals surface area contributed by atoms with Crippen molar-refractivity contribution >= 4 is 5.97 Å². The van der Waals surface area contributed by atoms with E-state index in [-0.39, 0.29) is 0 Å². The number of carboxylic acids is 1. The van der Waals surface area contributed by atoms with Crippen LogP contribution in [-0.2, 0) is 0 Å². The van der Waals surface area contributed by atoms with Crippen molar-refractivity contribution in [3.05, 3.63) is 34.9 Å². The molecule has 0 radical (unpaired) electrons. The van der Waals surface area contributed by atoms with Gasteiger partial charge in [-0.2, -0.15) is 0 Å². The zero-order valence-electron chi connectivity index (χ0n) is 9.16. The third-order valence-electron chi connectivity index (χ3n) is 2.99. The molecule has 1 aromatic rings. The molecule has 0 aliphatic heterocycles. The molecule has 2 rings (SSSR count). The highest BCUT2D eigenvalue weighted by molar-refractivity contribution is 5.89. The van der Waals surface area contributed by atoms with Gasteiger partial charge in [0.15, 0.2) is 0 Å². The molecule has 0 bridgehead atoms. The van der Waals surface area contributed by atoms with Crippen molar-refractivity contribution in [2.75, 3.05) is 0 Å². The molecule has 0 saturated heterocycles. The molecule has 0 heterocycles. The fourth-order valence-electron chi connectivity index (χ4n) is 1.87. The third-order valence-corrected chi connectivity index (χ3v) is 2.99. The predicted octanol–water partition coefficient (Wildman–Crippen LogP) is 3.39. The lowest BCUT2D eigenvalue weighted by Gasteiger charge is -2.10. The van der Waals surface area contributed by atoms with Gasteiger partial charge in [-0.15, -0.1) is 0 Å². The smallest absolute Gasteiger partial charge is 0.335 e. The average molecular weight is 204 g/mol. The van der Waals surface area contributed by atoms with Gasteiger partial charge in [-0.25, -0.2) is 4.79 Å². The molecular weight excluding hydrogens is 188 g/mol. The van der Waals surface area contributed by atoms with Gasteiger partial charge in [-0.05, 0) is 41.9 Å². The molecule has 15 heavy (non-hydrogen) atoms. The first-order valence-electron chi connectivity index (χ1n) is 5.46. The van der Waals surface area contributed by atoms with E-state index in [1.54, 1.807) is 6.07 Å². The van der Waals surface area contributed by atoms with Crippen LogP contribution in [0.15, 0.2) is 18.2 Å². The predicted molar refractivity (Wildman–Crippen MR) is 59.5 cm³/mol. The van der Waals surface area contributed by atoms with Crippen LogP contribution in [0, 0.1) is 0 Å². The molecule has 0 aromatic heterocycles. The van der Waals surface area contributed by atoms with Crippen LogP contribution in [0.4, 0.5) is 0 Å². The van der Waals surface area contributed by atoms with Gasteiger partial charge in [0.2, 0.25) is 0 Å². The topological polar surface area (TPSA) is 37.3 Å². The van der Waals surface area contributed by atoms with Crippen molar-refractivity contribution < 1.29 is 9.90 Å². The molecule has 0 atom stereocenters. The summed E-state index contributed by atoms with van der Waals surface area (Å²) in [4.78, 5) is 11.0. The van der Waals surface area contributed by atoms with Crippen molar-refractivity contribution in [1.29, 1.82) is 0 Å². The van der Waals surface area contributed by atoms with E-state index < -0.39 is 5.97 Å². The van der Waals surface area contributed by atoms with Crippen molar-refractivity contribution in [2.24, 2.45) is 0 Å². The van der Waals surface area contributed by atoms with Crippen LogP contribution in [0.3, 0.4) is 0 Å². The molecule has 1 aliphatic rings. The molecule has 0 unspecified atom stereocenters. The van der Waals surface area contributed by atoms with Crippen LogP contribution in [-0.4, -0.2) is 11.1 Å². The van der Waals surface area contributed by atoms with Gasteiger partial charge in [0.05, 0.1) is 5.56 Å². The SMILES string of the molecule is CC(C)c1ccc(C(=O)O)c(C2CC2)c1. The minimum atomic E-state index is -0.799. The minimum absolute atomic E-state index is 0.463. The van der Waals surface area contributed by atoms with Crippen molar-refractivity contribution in [3.63, 3.8) is 0 Å². The Morgan fingerprint density at radius 1 is 1.40 bits per heavy atom. The Hall–Kier alpha value is -1.31. The van der Waals surface area contributed by atoms with Gasteiger partial charge in [0.25, 0.3) is 0 Å². The van der Waals surface area contributed by atoms with Gasteiger partial charge in [0.1, 0.15) is 0 Å². The molecule has 0 amide bonds. The first kappa shape index (κ1) is 10.2. The Labute approximate surface area is 89.9 Å². The van der Waals surface area contributed by atoms with E-state index in [2.05, 4.69) is 19.9 Å². The van der Waals surface area contributed by atoms with Crippen molar-refractivity contribution in [3.8, 4) is 0 Å². The molecule has 0 spiro atoms. The number of carbonyl (C=O) groups is 1. The van der Waals surface area contributed by atoms with Crippen LogP contribution < -0.4 is 0 Å². The van der Waals surface area contributed by atoms with Gasteiger partial charge in [-0.1, -0.05) is 26.0 Å². The van der Waals surface area contributed by atoms with Gasteiger partial charge in [0, 0.05) is 0 Å². The number of benzene rings is 1. The highest BCUT2D eigenvalue weighted by Gasteiger charge is 2.28. The third kappa shape index (κ3) is 2.04. The summed E-state index contributed by atoms with van der Waals surface area (Å²) in [6, 6.07) is 5.76. The van der Waals surface area contributed by atoms with Gasteiger partial charge >= 0.3 is 5.97 Å². The highest BCUT2D eigenvalue weighted by atomic mass is 16.4. The molecule has 1 aromatic carbocycles. The summed E-state index contributed by atoms with van der Waals surface area (Å²) < 4.78 is 0. The van der Waals surface area contributed by atoms with Crippen molar-refractivity contribution in [1.82, 2.24) is 0 Å². The van der Waals surface area contributed by atoms with E-state index in [0.29, 0.717) is 17.4 Å². The summed E-state index contributed by atoms with van der Waals surface area (Å²) in [6.07, 6.45) is 2.28. The largest absolute Gasteiger partial charge is 0.478 e. The first-order valence-corrected chi connectivity index (χ1v) is 5.46. The Morgan fingerprint density at radius 2 is 2.07 bits per heavy atom. The summed E-state index contributed by atoms with van der Waals surface area (Å²) in [7, 11) is 0. The van der Waals surface area contributed by atoms with E-state index in [1.165, 1.54) is 5.56 Å². The first-order chi connectivity index (χ1) is 7.09. The van der Waals surface area contributed by atoms with E-state index >= 15 is 0 Å². The monoisotopic (exact) mass is 204 g/mol. The molecular formula is C13H16O2. The lowest BCUT2D eigenvalue weighted by molar-refractivity contribution is 0.0695. The molecule has 2 heteroatoms. The molecule has 80 valence electrons. The minimum Gasteiger partial charge on any atom is -0.478 e. The van der Waals surface area contributed by atoms with E-state index in [0.717, 1.165) is 18.4 Å². The molecule has 1 aliphatic carbocycles. The summed E-state index contributed by atoms with van der Waals surface area (Å²) >= 11 is 0. The Balaban J connectivity index is 2.44. The summed E-state index contributed by atoms with van der Waals surface area (Å²) in [5.41, 5.74) is 2.76. The normalized spacial score (nSPS) is 15.7. The van der Waals surface area contributed by atoms with Crippen molar-refractivity contribution in [2.45, 2.75) is 38.5 Å². The average Bonchev–Trinajstić information content (AvgIpc) is 2.99. The molecule has 1 fully saturated rings. The lowest BCUT2D eigenvalue weighted by atomic mass is 9.95. The van der Waals surface area contributed by atoms with Gasteiger partial charge in [-0.3, -0.25) is 0 Å². The lowest BCUT2D eigenvalue weighted by Crippen LogP contribution is -2.03. The molecule has 1 saturated carbocycles. The van der Waals surface area contributed by atoms with E-state index in [9.17, 15) is 4.79 Å². The number of hydrogen-bond acceptors (Lipinski definition) is 1. The number of hydrogen-bond donors (Lipinski definition) is 1. The number of aromatic carboxylic acids is 1. The zero-order chi connectivity index (χ0) is 11.0. The summed E-state index contributed by atoms with van der Waals surface area (Å²) in [5.74, 6) is 0.160. The Kier molecular flexibility index (Phi) is 2.51. The standard InChI is InChI=1S/C13H16O2/c1-8(2)10-5-6-11(13(14)15)12(7-10)9-3-4-9/h5-9H,3-4H2,1-2H3,(H,14,15). The van der Waals surface area contributed by atoms with E-state index in [4.69, 9.17) is 5.11 Å². The summed E-state index contributed by atoms with van der Waals surface area (Å²) in [6.45, 7) is 4.26. The zero-order valence-corrected chi connectivity index (χ0v) is 9.16. The summed E-state index contributed by atoms with van der Waals surface area (Å²) in [5, 5.41) is 9.07. The fourth-order valence-corrected chi connectivity index (χ4v) is 1.87. The second-order valence-corrected chi connectivity index (χ2v) is 4.58. The van der Waals surface area contributed by atoms with Crippen LogP contribution in [0.1, 0.15) is 60.0 Å². The van der Waals surface area contributed by atoms with Crippen LogP contribution in [0.2, 0.25) is 0 Å². The quantitative estimate of drug-likeness (QED) is 0.819. The molecule has 1 N–H and O–H groups in total. The maximum atomic E-state index is 11.0. The maximum absolute atomic E-state index is 11.0. The van der Waals surface area contributed by atoms with E-state index in [1.807, 2.05) is 6.07 Å². The number of carboxylic acid groups (broad SMARTS) is 1. The number of rotatable bonds is 3. The van der Waals surface area contributed by atoms with Crippen LogP contribution in [0.5, 0.6) is 0 Å². The van der Waals surface area contributed by atoms with Crippen LogP contribution in [0.25, 0.3) is 0 Å². The highest BCUT2D eigenvalue weighted by Crippen LogP contribution is 2.42. The second-order valence-electron chi connectivity index (χ2n) is 4.58. The Morgan fingerprint density at radius 3 is 2.53 bits per heavy atom. The van der Waals surface area contributed by atoms with Crippen LogP contribution >= 0.6 is 0 Å². The van der Waals surface area contributed by atoms with Gasteiger partial charge < -0.3 is 5.11 Å². The maximum Gasteiger partial charge on any atom is 0.335 e. The second kappa shape index (κ2) is 3.69. The Bertz CT molecular complexity index is 390.